The van der Waals surface area contributed by atoms with E-state index in [0.29, 0.717) is 33.0 Å². The van der Waals surface area contributed by atoms with Crippen molar-refractivity contribution in [3.63, 3.8) is 0 Å². The van der Waals surface area contributed by atoms with Crippen LogP contribution in [0.25, 0.3) is 21.1 Å². The molecule has 0 aliphatic carbocycles. The fraction of sp³-hybridized carbons (Fsp3) is 0.100. The van der Waals surface area contributed by atoms with Crippen LogP contribution in [-0.4, -0.2) is 20.1 Å². The first-order valence-corrected chi connectivity index (χ1v) is 8.91. The van der Waals surface area contributed by atoms with Crippen molar-refractivity contribution in [3.8, 4) is 11.5 Å². The molecule has 1 amide bonds. The number of carbonyl (C=O) groups excluding carboxylic acids is 1. The van der Waals surface area contributed by atoms with Gasteiger partial charge in [-0.1, -0.05) is 12.1 Å². The Morgan fingerprint density at radius 2 is 1.85 bits per heavy atom. The lowest BCUT2D eigenvalue weighted by atomic mass is 10.2. The van der Waals surface area contributed by atoms with E-state index in [1.54, 1.807) is 43.5 Å². The highest BCUT2D eigenvalue weighted by molar-refractivity contribution is 7.21. The Bertz CT molecular complexity index is 1220. The van der Waals surface area contributed by atoms with Crippen molar-refractivity contribution < 1.29 is 18.7 Å². The Balaban J connectivity index is 1.75. The number of carbonyl (C=O) groups is 1. The van der Waals surface area contributed by atoms with Gasteiger partial charge in [-0.05, 0) is 30.3 Å². The summed E-state index contributed by atoms with van der Waals surface area (Å²) in [6.45, 7) is 0. The summed E-state index contributed by atoms with van der Waals surface area (Å²) in [5, 5.41) is 4.01. The number of rotatable bonds is 4. The molecule has 1 N–H and O–H groups in total. The minimum absolute atomic E-state index is 0.330. The van der Waals surface area contributed by atoms with E-state index < -0.39 is 5.63 Å². The monoisotopic (exact) mass is 381 g/mol. The number of thiophene rings is 1. The predicted octanol–water partition coefficient (Wildman–Crippen LogP) is 4.28. The van der Waals surface area contributed by atoms with Gasteiger partial charge in [-0.15, -0.1) is 11.3 Å². The molecule has 4 aromatic rings. The molecule has 6 nitrogen and oxygen atoms in total. The van der Waals surface area contributed by atoms with E-state index in [9.17, 15) is 9.59 Å². The van der Waals surface area contributed by atoms with E-state index >= 15 is 0 Å². The molecule has 0 radical (unpaired) electrons. The summed E-state index contributed by atoms with van der Waals surface area (Å²) in [6.07, 6.45) is 0. The zero-order valence-corrected chi connectivity index (χ0v) is 15.4. The molecule has 4 rings (SSSR count). The van der Waals surface area contributed by atoms with Crippen molar-refractivity contribution in [2.24, 2.45) is 0 Å². The van der Waals surface area contributed by atoms with Gasteiger partial charge >= 0.3 is 5.63 Å². The number of amides is 1. The van der Waals surface area contributed by atoms with Gasteiger partial charge in [0.2, 0.25) is 0 Å². The van der Waals surface area contributed by atoms with Crippen LogP contribution in [0.3, 0.4) is 0 Å². The van der Waals surface area contributed by atoms with Gasteiger partial charge in [0, 0.05) is 11.5 Å². The zero-order valence-electron chi connectivity index (χ0n) is 14.6. The highest BCUT2D eigenvalue weighted by atomic mass is 32.1. The van der Waals surface area contributed by atoms with E-state index in [1.807, 2.05) is 12.1 Å². The largest absolute Gasteiger partial charge is 0.497 e. The molecule has 0 saturated heterocycles. The number of hydrogen-bond donors (Lipinski definition) is 1. The van der Waals surface area contributed by atoms with Crippen molar-refractivity contribution in [1.29, 1.82) is 0 Å². The quantitative estimate of drug-likeness (QED) is 0.534. The van der Waals surface area contributed by atoms with E-state index in [4.69, 9.17) is 13.9 Å². The second-order valence-corrected chi connectivity index (χ2v) is 6.81. The van der Waals surface area contributed by atoms with Gasteiger partial charge in [0.15, 0.2) is 0 Å². The van der Waals surface area contributed by atoms with Crippen LogP contribution in [0.1, 0.15) is 9.67 Å². The Morgan fingerprint density at radius 3 is 2.63 bits per heavy atom. The van der Waals surface area contributed by atoms with E-state index in [-0.39, 0.29) is 5.91 Å². The molecule has 0 saturated carbocycles. The van der Waals surface area contributed by atoms with Gasteiger partial charge in [-0.2, -0.15) is 0 Å². The van der Waals surface area contributed by atoms with Crippen LogP contribution < -0.4 is 20.4 Å². The second-order valence-electron chi connectivity index (χ2n) is 5.76. The molecule has 2 heterocycles. The molecule has 0 fully saturated rings. The van der Waals surface area contributed by atoms with Gasteiger partial charge in [0.25, 0.3) is 5.91 Å². The number of benzene rings is 2. The van der Waals surface area contributed by atoms with Crippen LogP contribution in [0, 0.1) is 0 Å². The molecule has 0 bridgehead atoms. The van der Waals surface area contributed by atoms with Gasteiger partial charge in [0.05, 0.1) is 34.9 Å². The Morgan fingerprint density at radius 1 is 1.04 bits per heavy atom. The predicted molar refractivity (Wildman–Crippen MR) is 105 cm³/mol. The lowest BCUT2D eigenvalue weighted by Gasteiger charge is -2.10. The maximum Gasteiger partial charge on any atom is 0.345 e. The maximum absolute atomic E-state index is 12.7. The molecule has 0 atom stereocenters. The Kier molecular flexibility index (Phi) is 4.29. The van der Waals surface area contributed by atoms with Gasteiger partial charge in [0.1, 0.15) is 17.1 Å². The molecule has 0 spiro atoms. The van der Waals surface area contributed by atoms with Crippen LogP contribution in [0.15, 0.2) is 57.7 Å². The minimum atomic E-state index is -0.457. The number of anilines is 1. The van der Waals surface area contributed by atoms with E-state index in [0.717, 1.165) is 10.1 Å². The number of ether oxygens (including phenoxy) is 2. The second kappa shape index (κ2) is 6.77. The fourth-order valence-corrected chi connectivity index (χ4v) is 3.91. The Labute approximate surface area is 157 Å². The third-order valence-electron chi connectivity index (χ3n) is 4.17. The van der Waals surface area contributed by atoms with Crippen LogP contribution in [0.5, 0.6) is 11.5 Å². The smallest absolute Gasteiger partial charge is 0.345 e. The molecular formula is C20H15NO5S. The van der Waals surface area contributed by atoms with Crippen LogP contribution in [0.4, 0.5) is 5.69 Å². The van der Waals surface area contributed by atoms with Crippen LogP contribution >= 0.6 is 11.3 Å². The van der Waals surface area contributed by atoms with Crippen molar-refractivity contribution in [2.75, 3.05) is 19.5 Å². The number of methoxy groups -OCH3 is 2. The summed E-state index contributed by atoms with van der Waals surface area (Å²) < 4.78 is 16.5. The van der Waals surface area contributed by atoms with Crippen molar-refractivity contribution in [3.05, 3.63) is 63.8 Å². The van der Waals surface area contributed by atoms with Gasteiger partial charge in [-0.3, -0.25) is 4.79 Å². The normalized spacial score (nSPS) is 10.9. The third kappa shape index (κ3) is 3.02. The SMILES string of the molecule is COc1ccc(NC(=O)c2cc3c(=O)oc4ccccc4c3s2)c(OC)c1. The van der Waals surface area contributed by atoms with Gasteiger partial charge < -0.3 is 19.2 Å². The first kappa shape index (κ1) is 17.1. The van der Waals surface area contributed by atoms with Gasteiger partial charge in [-0.25, -0.2) is 4.79 Å². The minimum Gasteiger partial charge on any atom is -0.497 e. The van der Waals surface area contributed by atoms with E-state index in [1.165, 1.54) is 18.4 Å². The number of hydrogen-bond acceptors (Lipinski definition) is 6. The first-order chi connectivity index (χ1) is 13.1. The number of fused-ring (bicyclic) bond motifs is 3. The standard InChI is InChI=1S/C20H15NO5S/c1-24-11-7-8-14(16(9-11)25-2)21-19(22)17-10-13-18(27-17)12-5-3-4-6-15(12)26-20(13)23/h3-10H,1-2H3,(H,21,22). The lowest BCUT2D eigenvalue weighted by molar-refractivity contribution is 0.103. The van der Waals surface area contributed by atoms with Crippen molar-refractivity contribution in [2.45, 2.75) is 0 Å². The zero-order chi connectivity index (χ0) is 19.0. The average molecular weight is 381 g/mol. The van der Waals surface area contributed by atoms with Crippen LogP contribution in [-0.2, 0) is 0 Å². The maximum atomic E-state index is 12.7. The lowest BCUT2D eigenvalue weighted by Crippen LogP contribution is -2.11. The molecule has 0 aliphatic heterocycles. The highest BCUT2D eigenvalue weighted by Gasteiger charge is 2.17. The summed E-state index contributed by atoms with van der Waals surface area (Å²) in [5.41, 5.74) is 0.555. The summed E-state index contributed by atoms with van der Waals surface area (Å²) >= 11 is 1.25. The summed E-state index contributed by atoms with van der Waals surface area (Å²) in [7, 11) is 3.07. The molecule has 136 valence electrons. The molecular weight excluding hydrogens is 366 g/mol. The molecule has 7 heteroatoms. The van der Waals surface area contributed by atoms with Crippen molar-refractivity contribution >= 4 is 44.0 Å². The third-order valence-corrected chi connectivity index (χ3v) is 5.33. The number of nitrogens with one attached hydrogen (secondary N) is 1. The fourth-order valence-electron chi connectivity index (χ4n) is 2.84. The summed E-state index contributed by atoms with van der Waals surface area (Å²) in [4.78, 5) is 25.4. The molecule has 2 aromatic carbocycles. The average Bonchev–Trinajstić information content (AvgIpc) is 3.15. The molecule has 2 aromatic heterocycles. The highest BCUT2D eigenvalue weighted by Crippen LogP contribution is 2.33. The number of para-hydroxylation sites is 1. The van der Waals surface area contributed by atoms with Crippen molar-refractivity contribution in [1.82, 2.24) is 0 Å². The summed E-state index contributed by atoms with van der Waals surface area (Å²) in [6, 6.07) is 13.9. The molecule has 0 aliphatic rings. The molecule has 0 unspecified atom stereocenters. The summed E-state index contributed by atoms with van der Waals surface area (Å²) in [5.74, 6) is 0.771. The van der Waals surface area contributed by atoms with Crippen LogP contribution in [0.2, 0.25) is 0 Å². The topological polar surface area (TPSA) is 77.8 Å². The Hall–Kier alpha value is -3.32. The van der Waals surface area contributed by atoms with E-state index in [2.05, 4.69) is 5.32 Å². The first-order valence-electron chi connectivity index (χ1n) is 8.09. The molecule has 27 heavy (non-hydrogen) atoms.